The van der Waals surface area contributed by atoms with Crippen molar-refractivity contribution in [1.29, 1.82) is 0 Å². The van der Waals surface area contributed by atoms with E-state index in [2.05, 4.69) is 6.07 Å². The fourth-order valence-corrected chi connectivity index (χ4v) is 5.30. The smallest absolute Gasteiger partial charge is 0.161 e. The van der Waals surface area contributed by atoms with E-state index < -0.39 is 0 Å². The molecule has 0 heterocycles. The molecule has 1 aromatic carbocycles. The van der Waals surface area contributed by atoms with E-state index in [1.54, 1.807) is 6.07 Å². The number of hydrogen-bond acceptors (Lipinski definition) is 2. The van der Waals surface area contributed by atoms with Gasteiger partial charge in [-0.2, -0.15) is 0 Å². The van der Waals surface area contributed by atoms with E-state index >= 15 is 0 Å². The third kappa shape index (κ3) is 1.35. The minimum atomic E-state index is 0.0134. The summed E-state index contributed by atoms with van der Waals surface area (Å²) in [5.41, 5.74) is 0.999. The fraction of sp³-hybridized carbons (Fsp3) is 0.625. The summed E-state index contributed by atoms with van der Waals surface area (Å²) >= 11 is 0. The Morgan fingerprint density at radius 2 is 1.56 bits per heavy atom. The summed E-state index contributed by atoms with van der Waals surface area (Å²) in [7, 11) is 0. The minimum Gasteiger partial charge on any atom is -0.504 e. The summed E-state index contributed by atoms with van der Waals surface area (Å²) < 4.78 is 0. The van der Waals surface area contributed by atoms with Crippen molar-refractivity contribution in [3.05, 3.63) is 23.8 Å². The highest BCUT2D eigenvalue weighted by Gasteiger charge is 2.52. The van der Waals surface area contributed by atoms with Crippen molar-refractivity contribution in [3.8, 4) is 11.5 Å². The second kappa shape index (κ2) is 3.43. The van der Waals surface area contributed by atoms with Gasteiger partial charge in [-0.3, -0.25) is 0 Å². The molecule has 2 heteroatoms. The van der Waals surface area contributed by atoms with E-state index in [-0.39, 0.29) is 16.9 Å². The molecule has 4 bridgehead atoms. The molecular weight excluding hydrogens is 224 g/mol. The molecule has 0 amide bonds. The van der Waals surface area contributed by atoms with E-state index in [0.717, 1.165) is 23.3 Å². The van der Waals surface area contributed by atoms with Crippen molar-refractivity contribution in [3.63, 3.8) is 0 Å². The molecule has 1 aromatic rings. The van der Waals surface area contributed by atoms with Crippen LogP contribution in [-0.4, -0.2) is 10.2 Å². The maximum absolute atomic E-state index is 10.2. The fourth-order valence-electron chi connectivity index (χ4n) is 5.30. The first-order chi connectivity index (χ1) is 8.66. The summed E-state index contributed by atoms with van der Waals surface area (Å²) in [5, 5.41) is 19.9. The van der Waals surface area contributed by atoms with E-state index in [4.69, 9.17) is 0 Å². The van der Waals surface area contributed by atoms with Crippen molar-refractivity contribution < 1.29 is 10.2 Å². The average Bonchev–Trinajstić information content (AvgIpc) is 2.30. The topological polar surface area (TPSA) is 40.5 Å². The average molecular weight is 243 g/mol. The Morgan fingerprint density at radius 3 is 2.11 bits per heavy atom. The van der Waals surface area contributed by atoms with Gasteiger partial charge in [-0.25, -0.2) is 0 Å². The predicted octanol–water partition coefficient (Wildman–Crippen LogP) is 3.37. The van der Waals surface area contributed by atoms with Crippen molar-refractivity contribution >= 4 is 0 Å². The van der Waals surface area contributed by atoms with Gasteiger partial charge in [-0.15, -0.1) is 0 Å². The number of phenolic OH excluding ortho intramolecular Hbond substituents is 2. The first kappa shape index (κ1) is 10.7. The predicted molar refractivity (Wildman–Crippen MR) is 68.5 cm³/mol. The zero-order valence-electron chi connectivity index (χ0n) is 10.5. The number of benzene rings is 1. The van der Waals surface area contributed by atoms with Crippen LogP contribution in [0.15, 0.2) is 12.1 Å². The molecule has 0 spiro atoms. The van der Waals surface area contributed by atoms with Crippen molar-refractivity contribution in [1.82, 2.24) is 0 Å². The van der Waals surface area contributed by atoms with Crippen molar-refractivity contribution in [2.75, 3.05) is 0 Å². The third-order valence-corrected chi connectivity index (χ3v) is 5.52. The van der Waals surface area contributed by atoms with Gasteiger partial charge in [0.05, 0.1) is 0 Å². The van der Waals surface area contributed by atoms with Gasteiger partial charge in [0.1, 0.15) is 0 Å². The molecule has 0 aromatic heterocycles. The third-order valence-electron chi connectivity index (χ3n) is 5.52. The molecule has 18 heavy (non-hydrogen) atoms. The lowest BCUT2D eigenvalue weighted by Crippen LogP contribution is -2.48. The van der Waals surface area contributed by atoms with Crippen LogP contribution in [0.3, 0.4) is 0 Å². The molecule has 4 fully saturated rings. The second-order valence-electron chi connectivity index (χ2n) is 6.78. The molecule has 0 unspecified atom stereocenters. The van der Waals surface area contributed by atoms with Crippen LogP contribution in [0.5, 0.6) is 11.5 Å². The largest absolute Gasteiger partial charge is 0.504 e. The summed E-state index contributed by atoms with van der Waals surface area (Å²) in [5.74, 6) is 2.61. The van der Waals surface area contributed by atoms with Crippen LogP contribution >= 0.6 is 0 Å². The lowest BCUT2D eigenvalue weighted by atomic mass is 9.48. The van der Waals surface area contributed by atoms with Crippen molar-refractivity contribution in [2.24, 2.45) is 17.8 Å². The molecule has 4 aliphatic carbocycles. The van der Waals surface area contributed by atoms with Crippen LogP contribution in [0.4, 0.5) is 0 Å². The maximum Gasteiger partial charge on any atom is 0.161 e. The van der Waals surface area contributed by atoms with Crippen LogP contribution < -0.4 is 0 Å². The Hall–Kier alpha value is -1.18. The molecule has 1 radical (unpaired) electrons. The molecule has 4 aliphatic rings. The lowest BCUT2D eigenvalue weighted by Gasteiger charge is -2.57. The van der Waals surface area contributed by atoms with Gasteiger partial charge in [0.2, 0.25) is 0 Å². The summed E-state index contributed by atoms with van der Waals surface area (Å²) in [6.07, 6.45) is 7.72. The molecule has 95 valence electrons. The van der Waals surface area contributed by atoms with Gasteiger partial charge in [0.15, 0.2) is 11.5 Å². The Morgan fingerprint density at radius 1 is 1.00 bits per heavy atom. The lowest BCUT2D eigenvalue weighted by molar-refractivity contribution is -0.00639. The molecule has 0 aliphatic heterocycles. The van der Waals surface area contributed by atoms with Gasteiger partial charge < -0.3 is 10.2 Å². The van der Waals surface area contributed by atoms with Gasteiger partial charge >= 0.3 is 0 Å². The first-order valence-electron chi connectivity index (χ1n) is 7.09. The molecule has 2 N–H and O–H groups in total. The minimum absolute atomic E-state index is 0.0134. The Bertz CT molecular complexity index is 457. The van der Waals surface area contributed by atoms with E-state index in [0.29, 0.717) is 0 Å². The van der Waals surface area contributed by atoms with Crippen LogP contribution in [-0.2, 0) is 5.41 Å². The summed E-state index contributed by atoms with van der Waals surface area (Å²) in [6.45, 7) is 0. The zero-order valence-corrected chi connectivity index (χ0v) is 10.5. The molecule has 0 saturated heterocycles. The van der Waals surface area contributed by atoms with Crippen LogP contribution in [0.2, 0.25) is 0 Å². The van der Waals surface area contributed by atoms with Crippen LogP contribution in [0.1, 0.15) is 44.1 Å². The maximum atomic E-state index is 10.2. The number of phenols is 2. The van der Waals surface area contributed by atoms with Gasteiger partial charge in [0.25, 0.3) is 0 Å². The Balaban J connectivity index is 1.81. The SMILES string of the molecule is Oc1cc[c]c(C23CC4CC(CC(C4)C2)C3)c1O. The van der Waals surface area contributed by atoms with Gasteiger partial charge in [-0.05, 0) is 68.4 Å². The first-order valence-corrected chi connectivity index (χ1v) is 7.09. The van der Waals surface area contributed by atoms with Crippen molar-refractivity contribution in [2.45, 2.75) is 43.9 Å². The molecule has 0 atom stereocenters. The number of aromatic hydroxyl groups is 2. The molecule has 2 nitrogen and oxygen atoms in total. The zero-order chi connectivity index (χ0) is 12.3. The van der Waals surface area contributed by atoms with E-state index in [1.165, 1.54) is 44.6 Å². The normalized spacial score (nSPS) is 41.2. The monoisotopic (exact) mass is 243 g/mol. The molecule has 4 saturated carbocycles. The summed E-state index contributed by atoms with van der Waals surface area (Å²) in [6, 6.07) is 6.50. The quantitative estimate of drug-likeness (QED) is 0.742. The Labute approximate surface area is 108 Å². The second-order valence-corrected chi connectivity index (χ2v) is 6.78. The number of hydrogen-bond donors (Lipinski definition) is 2. The van der Waals surface area contributed by atoms with E-state index in [9.17, 15) is 10.2 Å². The molecule has 5 rings (SSSR count). The highest BCUT2D eigenvalue weighted by Crippen LogP contribution is 2.62. The summed E-state index contributed by atoms with van der Waals surface area (Å²) in [4.78, 5) is 0. The standard InChI is InChI=1S/C16H19O2/c17-14-3-1-2-13(15(14)18)16-7-10-4-11(8-16)6-12(5-10)9-16/h1,3,10-12,17-18H,4-9H2. The van der Waals surface area contributed by atoms with Gasteiger partial charge in [-0.1, -0.05) is 6.07 Å². The van der Waals surface area contributed by atoms with E-state index in [1.807, 2.05) is 0 Å². The highest BCUT2D eigenvalue weighted by molar-refractivity contribution is 5.48. The highest BCUT2D eigenvalue weighted by atomic mass is 16.3. The molecular formula is C16H19O2. The van der Waals surface area contributed by atoms with Crippen LogP contribution in [0, 0.1) is 23.8 Å². The Kier molecular flexibility index (Phi) is 2.04. The number of rotatable bonds is 1. The van der Waals surface area contributed by atoms with Gasteiger partial charge in [0, 0.05) is 11.0 Å². The van der Waals surface area contributed by atoms with Crippen LogP contribution in [0.25, 0.3) is 0 Å².